The van der Waals surface area contributed by atoms with Crippen molar-refractivity contribution in [3.63, 3.8) is 0 Å². The van der Waals surface area contributed by atoms with E-state index in [2.05, 4.69) is 41.1 Å². The lowest BCUT2D eigenvalue weighted by Gasteiger charge is -2.02. The first-order valence-corrected chi connectivity index (χ1v) is 7.95. The van der Waals surface area contributed by atoms with E-state index < -0.39 is 11.9 Å². The maximum absolute atomic E-state index is 12.7. The minimum atomic E-state index is -4.51. The van der Waals surface area contributed by atoms with Gasteiger partial charge in [-0.05, 0) is 30.3 Å². The second-order valence-corrected chi connectivity index (χ2v) is 6.24. The van der Waals surface area contributed by atoms with Crippen LogP contribution in [0.2, 0.25) is 0 Å². The van der Waals surface area contributed by atoms with Crippen molar-refractivity contribution in [1.82, 2.24) is 25.1 Å². The minimum absolute atomic E-state index is 0.172. The zero-order valence-electron chi connectivity index (χ0n) is 12.4. The standard InChI is InChI=1S/C16H9BrF3N5/c17-8-5-11(12-7-14(25-24-12)16(18,19)20)21-13(6-8)15-22-9-3-1-2-4-10(9)23-15/h1-7H,(H,22,23)(H,24,25). The summed E-state index contributed by atoms with van der Waals surface area (Å²) in [6.45, 7) is 0. The molecular formula is C16H9BrF3N5. The highest BCUT2D eigenvalue weighted by atomic mass is 79.9. The van der Waals surface area contributed by atoms with Gasteiger partial charge < -0.3 is 4.98 Å². The van der Waals surface area contributed by atoms with Gasteiger partial charge in [-0.3, -0.25) is 5.10 Å². The fourth-order valence-corrected chi connectivity index (χ4v) is 2.86. The summed E-state index contributed by atoms with van der Waals surface area (Å²) in [5, 5.41) is 5.68. The molecule has 4 rings (SSSR count). The molecule has 0 amide bonds. The van der Waals surface area contributed by atoms with E-state index in [0.717, 1.165) is 17.1 Å². The first-order chi connectivity index (χ1) is 11.9. The molecule has 4 aromatic rings. The highest BCUT2D eigenvalue weighted by molar-refractivity contribution is 9.10. The Morgan fingerprint density at radius 1 is 0.960 bits per heavy atom. The fraction of sp³-hybridized carbons (Fsp3) is 0.0625. The third kappa shape index (κ3) is 3.02. The average molecular weight is 408 g/mol. The molecule has 0 spiro atoms. The second kappa shape index (κ2) is 5.69. The number of benzene rings is 1. The predicted octanol–water partition coefficient (Wildman–Crippen LogP) is 4.80. The predicted molar refractivity (Wildman–Crippen MR) is 89.6 cm³/mol. The Morgan fingerprint density at radius 2 is 1.72 bits per heavy atom. The normalized spacial score (nSPS) is 12.0. The average Bonchev–Trinajstić information content (AvgIpc) is 3.21. The zero-order valence-corrected chi connectivity index (χ0v) is 14.0. The monoisotopic (exact) mass is 407 g/mol. The Kier molecular flexibility index (Phi) is 3.60. The molecule has 0 unspecified atom stereocenters. The van der Waals surface area contributed by atoms with Gasteiger partial charge in [-0.2, -0.15) is 18.3 Å². The van der Waals surface area contributed by atoms with E-state index in [9.17, 15) is 13.2 Å². The number of rotatable bonds is 2. The van der Waals surface area contributed by atoms with E-state index in [1.807, 2.05) is 24.3 Å². The van der Waals surface area contributed by atoms with Crippen molar-refractivity contribution in [1.29, 1.82) is 0 Å². The number of nitrogens with zero attached hydrogens (tertiary/aromatic N) is 3. The van der Waals surface area contributed by atoms with E-state index in [0.29, 0.717) is 21.7 Å². The van der Waals surface area contributed by atoms with Gasteiger partial charge in [-0.1, -0.05) is 28.1 Å². The third-order valence-electron chi connectivity index (χ3n) is 3.57. The van der Waals surface area contributed by atoms with Gasteiger partial charge in [0.25, 0.3) is 0 Å². The number of alkyl halides is 3. The Bertz CT molecular complexity index is 1030. The quantitative estimate of drug-likeness (QED) is 0.501. The molecule has 0 aliphatic carbocycles. The number of hydrogen-bond acceptors (Lipinski definition) is 3. The number of aromatic nitrogens is 5. The highest BCUT2D eigenvalue weighted by Crippen LogP contribution is 2.31. The number of nitrogens with one attached hydrogen (secondary N) is 2. The van der Waals surface area contributed by atoms with E-state index in [-0.39, 0.29) is 5.69 Å². The summed E-state index contributed by atoms with van der Waals surface area (Å²) < 4.78 is 38.9. The molecule has 126 valence electrons. The highest BCUT2D eigenvalue weighted by Gasteiger charge is 2.34. The molecule has 0 aliphatic heterocycles. The van der Waals surface area contributed by atoms with Gasteiger partial charge in [0, 0.05) is 4.47 Å². The summed E-state index contributed by atoms with van der Waals surface area (Å²) in [6.07, 6.45) is -4.51. The first-order valence-electron chi connectivity index (χ1n) is 7.16. The van der Waals surface area contributed by atoms with Crippen LogP contribution in [0, 0.1) is 0 Å². The van der Waals surface area contributed by atoms with Crippen LogP contribution in [-0.4, -0.2) is 25.1 Å². The first kappa shape index (κ1) is 15.8. The Hall–Kier alpha value is -2.68. The molecule has 3 heterocycles. The summed E-state index contributed by atoms with van der Waals surface area (Å²) in [7, 11) is 0. The van der Waals surface area contributed by atoms with Crippen molar-refractivity contribution in [2.45, 2.75) is 6.18 Å². The van der Waals surface area contributed by atoms with E-state index in [1.165, 1.54) is 0 Å². The summed E-state index contributed by atoms with van der Waals surface area (Å²) in [4.78, 5) is 12.0. The van der Waals surface area contributed by atoms with Gasteiger partial charge >= 0.3 is 6.18 Å². The van der Waals surface area contributed by atoms with E-state index in [1.54, 1.807) is 12.1 Å². The summed E-state index contributed by atoms with van der Waals surface area (Å²) >= 11 is 3.36. The molecule has 0 radical (unpaired) electrons. The number of imidazole rings is 1. The van der Waals surface area contributed by atoms with Gasteiger partial charge in [-0.25, -0.2) is 9.97 Å². The van der Waals surface area contributed by atoms with Crippen LogP contribution in [0.1, 0.15) is 5.69 Å². The SMILES string of the molecule is FC(F)(F)c1cc(-c2cc(Br)cc(-c3nc4ccccc4[nH]3)n2)[nH]n1. The second-order valence-electron chi connectivity index (χ2n) is 5.32. The molecule has 2 N–H and O–H groups in total. The number of para-hydroxylation sites is 2. The minimum Gasteiger partial charge on any atom is -0.337 e. The maximum Gasteiger partial charge on any atom is 0.435 e. The maximum atomic E-state index is 12.7. The lowest BCUT2D eigenvalue weighted by molar-refractivity contribution is -0.141. The molecular weight excluding hydrogens is 399 g/mol. The Morgan fingerprint density at radius 3 is 2.44 bits per heavy atom. The van der Waals surface area contributed by atoms with Gasteiger partial charge in [0.1, 0.15) is 5.69 Å². The van der Waals surface area contributed by atoms with Crippen LogP contribution in [0.15, 0.2) is 46.9 Å². The molecule has 5 nitrogen and oxygen atoms in total. The lowest BCUT2D eigenvalue weighted by Crippen LogP contribution is -2.04. The van der Waals surface area contributed by atoms with E-state index in [4.69, 9.17) is 0 Å². The Balaban J connectivity index is 1.79. The van der Waals surface area contributed by atoms with Crippen molar-refractivity contribution < 1.29 is 13.2 Å². The molecule has 0 saturated heterocycles. The van der Waals surface area contributed by atoms with Crippen molar-refractivity contribution in [3.05, 3.63) is 52.6 Å². The van der Waals surface area contributed by atoms with Gasteiger partial charge in [0.15, 0.2) is 11.5 Å². The van der Waals surface area contributed by atoms with Crippen LogP contribution in [0.25, 0.3) is 33.9 Å². The van der Waals surface area contributed by atoms with Crippen LogP contribution >= 0.6 is 15.9 Å². The van der Waals surface area contributed by atoms with Gasteiger partial charge in [0.05, 0.1) is 22.4 Å². The fourth-order valence-electron chi connectivity index (χ4n) is 2.43. The number of halogens is 4. The van der Waals surface area contributed by atoms with Crippen molar-refractivity contribution >= 4 is 27.0 Å². The largest absolute Gasteiger partial charge is 0.435 e. The number of fused-ring (bicyclic) bond motifs is 1. The molecule has 1 aromatic carbocycles. The molecule has 0 bridgehead atoms. The third-order valence-corrected chi connectivity index (χ3v) is 4.02. The molecule has 25 heavy (non-hydrogen) atoms. The van der Waals surface area contributed by atoms with Gasteiger partial charge in [0.2, 0.25) is 0 Å². The van der Waals surface area contributed by atoms with Crippen LogP contribution < -0.4 is 0 Å². The Labute approximate surface area is 147 Å². The molecule has 3 aromatic heterocycles. The summed E-state index contributed by atoms with van der Waals surface area (Å²) in [5.41, 5.74) is 1.64. The van der Waals surface area contributed by atoms with Crippen LogP contribution in [-0.2, 0) is 6.18 Å². The van der Waals surface area contributed by atoms with Gasteiger partial charge in [-0.15, -0.1) is 0 Å². The van der Waals surface area contributed by atoms with Crippen LogP contribution in [0.5, 0.6) is 0 Å². The van der Waals surface area contributed by atoms with Crippen molar-refractivity contribution in [3.8, 4) is 22.9 Å². The number of pyridine rings is 1. The van der Waals surface area contributed by atoms with E-state index >= 15 is 0 Å². The summed E-state index contributed by atoms with van der Waals surface area (Å²) in [5.74, 6) is 0.527. The lowest BCUT2D eigenvalue weighted by atomic mass is 10.2. The molecule has 0 saturated carbocycles. The summed E-state index contributed by atoms with van der Waals surface area (Å²) in [6, 6.07) is 11.8. The van der Waals surface area contributed by atoms with Crippen molar-refractivity contribution in [2.75, 3.05) is 0 Å². The topological polar surface area (TPSA) is 70.2 Å². The number of hydrogen-bond donors (Lipinski definition) is 2. The number of H-pyrrole nitrogens is 2. The van der Waals surface area contributed by atoms with Crippen molar-refractivity contribution in [2.24, 2.45) is 0 Å². The molecule has 0 aliphatic rings. The molecule has 9 heteroatoms. The van der Waals surface area contributed by atoms with Crippen LogP contribution in [0.3, 0.4) is 0 Å². The van der Waals surface area contributed by atoms with Crippen LogP contribution in [0.4, 0.5) is 13.2 Å². The molecule has 0 fully saturated rings. The smallest absolute Gasteiger partial charge is 0.337 e. The molecule has 0 atom stereocenters. The zero-order chi connectivity index (χ0) is 17.6. The number of aromatic amines is 2.